The van der Waals surface area contributed by atoms with Gasteiger partial charge in [-0.3, -0.25) is 4.90 Å². The summed E-state index contributed by atoms with van der Waals surface area (Å²) in [6, 6.07) is 0.363. The summed E-state index contributed by atoms with van der Waals surface area (Å²) in [6.45, 7) is 2.18. The van der Waals surface area contributed by atoms with Gasteiger partial charge in [-0.05, 0) is 32.1 Å². The van der Waals surface area contributed by atoms with Crippen LogP contribution in [0.3, 0.4) is 0 Å². The quantitative estimate of drug-likeness (QED) is 0.904. The molecule has 1 N–H and O–H groups in total. The summed E-state index contributed by atoms with van der Waals surface area (Å²) in [5, 5.41) is 6.69. The van der Waals surface area contributed by atoms with Crippen molar-refractivity contribution in [3.63, 3.8) is 0 Å². The van der Waals surface area contributed by atoms with Crippen molar-refractivity contribution in [1.29, 1.82) is 0 Å². The van der Waals surface area contributed by atoms with Gasteiger partial charge in [0.1, 0.15) is 5.01 Å². The van der Waals surface area contributed by atoms with Crippen LogP contribution in [0, 0.1) is 12.8 Å². The molecule has 21 heavy (non-hydrogen) atoms. The Kier molecular flexibility index (Phi) is 4.25. The molecule has 1 aromatic heterocycles. The van der Waals surface area contributed by atoms with Crippen molar-refractivity contribution >= 4 is 11.3 Å². The van der Waals surface area contributed by atoms with Gasteiger partial charge in [0.25, 0.3) is 0 Å². The molecule has 0 aromatic carbocycles. The van der Waals surface area contributed by atoms with E-state index < -0.39 is 12.7 Å². The summed E-state index contributed by atoms with van der Waals surface area (Å²) in [6.07, 6.45) is -0.939. The van der Waals surface area contributed by atoms with E-state index in [0.717, 1.165) is 17.1 Å². The van der Waals surface area contributed by atoms with Gasteiger partial charge in [-0.15, -0.1) is 11.3 Å². The number of rotatable bonds is 5. The highest BCUT2D eigenvalue weighted by molar-refractivity contribution is 7.09. The lowest BCUT2D eigenvalue weighted by molar-refractivity contribution is -0.143. The first kappa shape index (κ1) is 15.2. The molecule has 2 fully saturated rings. The third-order valence-electron chi connectivity index (χ3n) is 4.09. The number of aromatic nitrogens is 1. The number of thiazole rings is 1. The Balaban J connectivity index is 1.58. The van der Waals surface area contributed by atoms with Crippen LogP contribution in [0.5, 0.6) is 0 Å². The molecule has 1 aromatic rings. The molecule has 0 amide bonds. The number of aryl methyl sites for hydroxylation is 1. The largest absolute Gasteiger partial charge is 0.401 e. The molecule has 0 radical (unpaired) electrons. The molecule has 3 nitrogen and oxygen atoms in total. The Morgan fingerprint density at radius 1 is 1.43 bits per heavy atom. The number of hydrogen-bond donors (Lipinski definition) is 1. The van der Waals surface area contributed by atoms with Crippen LogP contribution in [-0.2, 0) is 0 Å². The smallest absolute Gasteiger partial charge is 0.304 e. The van der Waals surface area contributed by atoms with Crippen molar-refractivity contribution in [2.24, 2.45) is 5.92 Å². The van der Waals surface area contributed by atoms with Gasteiger partial charge in [0.2, 0.25) is 0 Å². The Hall–Kier alpha value is -0.660. The molecule has 1 saturated carbocycles. The van der Waals surface area contributed by atoms with E-state index in [1.807, 2.05) is 12.3 Å². The van der Waals surface area contributed by atoms with Crippen molar-refractivity contribution in [3.05, 3.63) is 16.1 Å². The van der Waals surface area contributed by atoms with Gasteiger partial charge < -0.3 is 5.32 Å². The van der Waals surface area contributed by atoms with Crippen molar-refractivity contribution in [2.75, 3.05) is 19.6 Å². The van der Waals surface area contributed by atoms with Crippen LogP contribution < -0.4 is 5.32 Å². The molecule has 0 unspecified atom stereocenters. The normalized spacial score (nSPS) is 25.4. The first-order chi connectivity index (χ1) is 9.90. The van der Waals surface area contributed by atoms with Gasteiger partial charge in [-0.2, -0.15) is 13.2 Å². The van der Waals surface area contributed by atoms with Crippen LogP contribution in [0.25, 0.3) is 0 Å². The fraction of sp³-hybridized carbons (Fsp3) is 0.786. The van der Waals surface area contributed by atoms with E-state index in [1.165, 1.54) is 17.7 Å². The molecular weight excluding hydrogens is 299 g/mol. The molecule has 1 aliphatic carbocycles. The summed E-state index contributed by atoms with van der Waals surface area (Å²) < 4.78 is 37.3. The highest BCUT2D eigenvalue weighted by Crippen LogP contribution is 2.42. The van der Waals surface area contributed by atoms with E-state index in [-0.39, 0.29) is 12.1 Å². The van der Waals surface area contributed by atoms with Crippen LogP contribution >= 0.6 is 11.3 Å². The maximum absolute atomic E-state index is 12.4. The Morgan fingerprint density at radius 2 is 2.19 bits per heavy atom. The second kappa shape index (κ2) is 5.85. The molecule has 0 bridgehead atoms. The summed E-state index contributed by atoms with van der Waals surface area (Å²) in [4.78, 5) is 6.05. The zero-order valence-electron chi connectivity index (χ0n) is 12.0. The molecule has 118 valence electrons. The predicted octanol–water partition coefficient (Wildman–Crippen LogP) is 3.13. The van der Waals surface area contributed by atoms with E-state index >= 15 is 0 Å². The number of halogens is 3. The molecule has 2 heterocycles. The minimum absolute atomic E-state index is 0.141. The van der Waals surface area contributed by atoms with Crippen molar-refractivity contribution < 1.29 is 13.2 Å². The zero-order chi connectivity index (χ0) is 15.0. The summed E-state index contributed by atoms with van der Waals surface area (Å²) in [5.74, 6) is 0.604. The minimum Gasteiger partial charge on any atom is -0.304 e. The Labute approximate surface area is 126 Å². The molecule has 2 atom stereocenters. The van der Waals surface area contributed by atoms with Crippen LogP contribution in [-0.4, -0.2) is 41.7 Å². The first-order valence-corrected chi connectivity index (χ1v) is 8.26. The fourth-order valence-electron chi connectivity index (χ4n) is 2.97. The lowest BCUT2D eigenvalue weighted by Gasteiger charge is -2.22. The second-order valence-corrected chi connectivity index (χ2v) is 7.03. The third kappa shape index (κ3) is 4.17. The van der Waals surface area contributed by atoms with Gasteiger partial charge in [0.15, 0.2) is 0 Å². The van der Waals surface area contributed by atoms with Crippen LogP contribution in [0.1, 0.15) is 36.0 Å². The van der Waals surface area contributed by atoms with E-state index in [1.54, 1.807) is 11.3 Å². The Morgan fingerprint density at radius 3 is 2.76 bits per heavy atom. The topological polar surface area (TPSA) is 28.2 Å². The molecule has 0 spiro atoms. The monoisotopic (exact) mass is 319 g/mol. The van der Waals surface area contributed by atoms with Crippen LogP contribution in [0.15, 0.2) is 5.38 Å². The molecule has 2 aliphatic rings. The highest BCUT2D eigenvalue weighted by Gasteiger charge is 2.38. The lowest BCUT2D eigenvalue weighted by Crippen LogP contribution is -2.38. The standard InChI is InChI=1S/C14H20F3N3S/c1-9-7-21-13(18-9)12(10-2-3-10)19-11-4-5-20(6-11)8-14(15,16)17/h7,10-12,19H,2-6,8H2,1H3/t11-,12-/m0/s1. The van der Waals surface area contributed by atoms with Crippen LogP contribution in [0.4, 0.5) is 13.2 Å². The number of nitrogens with one attached hydrogen (secondary N) is 1. The molecule has 7 heteroatoms. The summed E-state index contributed by atoms with van der Waals surface area (Å²) in [7, 11) is 0. The number of alkyl halides is 3. The lowest BCUT2D eigenvalue weighted by atomic mass is 10.1. The number of likely N-dealkylation sites (tertiary alicyclic amines) is 1. The Bertz CT molecular complexity index is 484. The van der Waals surface area contributed by atoms with Crippen molar-refractivity contribution in [3.8, 4) is 0 Å². The molecule has 1 aliphatic heterocycles. The molecule has 3 rings (SSSR count). The van der Waals surface area contributed by atoms with Crippen LogP contribution in [0.2, 0.25) is 0 Å². The van der Waals surface area contributed by atoms with Gasteiger partial charge in [-0.25, -0.2) is 4.98 Å². The minimum atomic E-state index is -4.10. The van der Waals surface area contributed by atoms with E-state index in [9.17, 15) is 13.2 Å². The average molecular weight is 319 g/mol. The number of nitrogens with zero attached hydrogens (tertiary/aromatic N) is 2. The zero-order valence-corrected chi connectivity index (χ0v) is 12.8. The summed E-state index contributed by atoms with van der Waals surface area (Å²) in [5.41, 5.74) is 1.02. The van der Waals surface area contributed by atoms with Crippen molar-refractivity contribution in [1.82, 2.24) is 15.2 Å². The van der Waals surface area contributed by atoms with Crippen molar-refractivity contribution in [2.45, 2.75) is 44.4 Å². The second-order valence-electron chi connectivity index (χ2n) is 6.14. The molecule has 1 saturated heterocycles. The summed E-state index contributed by atoms with van der Waals surface area (Å²) >= 11 is 1.65. The maximum Gasteiger partial charge on any atom is 0.401 e. The van der Waals surface area contributed by atoms with Gasteiger partial charge >= 0.3 is 6.18 Å². The average Bonchev–Trinajstić information content (AvgIpc) is 2.99. The third-order valence-corrected chi connectivity index (χ3v) is 5.13. The van der Waals surface area contributed by atoms with Gasteiger partial charge in [0, 0.05) is 30.2 Å². The molecular formula is C14H20F3N3S. The van der Waals surface area contributed by atoms with E-state index in [4.69, 9.17) is 0 Å². The fourth-order valence-corrected chi connectivity index (χ4v) is 3.92. The van der Waals surface area contributed by atoms with E-state index in [2.05, 4.69) is 10.3 Å². The van der Waals surface area contributed by atoms with Gasteiger partial charge in [0.05, 0.1) is 12.6 Å². The highest BCUT2D eigenvalue weighted by atomic mass is 32.1. The van der Waals surface area contributed by atoms with Gasteiger partial charge in [-0.1, -0.05) is 0 Å². The SMILES string of the molecule is Cc1csc([C@@H](N[C@H]2CCN(CC(F)(F)F)C2)C2CC2)n1. The maximum atomic E-state index is 12.4. The van der Waals surface area contributed by atoms with E-state index in [0.29, 0.717) is 19.0 Å². The first-order valence-electron chi connectivity index (χ1n) is 7.38. The number of hydrogen-bond acceptors (Lipinski definition) is 4. The predicted molar refractivity (Wildman–Crippen MR) is 76.4 cm³/mol.